The maximum atomic E-state index is 10.9. The van der Waals surface area contributed by atoms with Crippen LogP contribution in [-0.4, -0.2) is 24.2 Å². The van der Waals surface area contributed by atoms with Crippen LogP contribution in [0, 0.1) is 17.8 Å². The van der Waals surface area contributed by atoms with E-state index in [2.05, 4.69) is 17.0 Å². The van der Waals surface area contributed by atoms with E-state index in [1.807, 2.05) is 12.1 Å². The molecular weight excluding hydrogens is 240 g/mol. The molecule has 1 aromatic rings. The van der Waals surface area contributed by atoms with Gasteiger partial charge in [0.25, 0.3) is 0 Å². The zero-order valence-electron chi connectivity index (χ0n) is 11.0. The standard InChI is InChI=1S/C15H20N2O2/c16-11-1-3-12(4-2-11)17-7-5-10(6-8-17)13-9-14(13)15(18)19/h1-4,10,13-14H,5-9,16H2,(H,18,19). The molecular formula is C15H20N2O2. The minimum absolute atomic E-state index is 0.0620. The topological polar surface area (TPSA) is 66.6 Å². The molecule has 0 aromatic heterocycles. The number of hydrogen-bond acceptors (Lipinski definition) is 3. The van der Waals surface area contributed by atoms with Crippen molar-refractivity contribution in [3.63, 3.8) is 0 Å². The molecule has 0 bridgehead atoms. The fourth-order valence-electron chi connectivity index (χ4n) is 3.29. The average molecular weight is 260 g/mol. The molecule has 1 heterocycles. The number of anilines is 2. The normalized spacial score (nSPS) is 27.3. The second-order valence-corrected chi connectivity index (χ2v) is 5.76. The van der Waals surface area contributed by atoms with Crippen LogP contribution < -0.4 is 10.6 Å². The molecule has 3 rings (SSSR count). The van der Waals surface area contributed by atoms with Gasteiger partial charge in [-0.15, -0.1) is 0 Å². The SMILES string of the molecule is Nc1ccc(N2CCC(C3CC3C(=O)O)CC2)cc1. The monoisotopic (exact) mass is 260 g/mol. The Balaban J connectivity index is 1.55. The lowest BCUT2D eigenvalue weighted by atomic mass is 9.90. The number of carbonyl (C=O) groups is 1. The number of nitrogens with zero attached hydrogens (tertiary/aromatic N) is 1. The first-order valence-corrected chi connectivity index (χ1v) is 6.98. The molecule has 1 aliphatic carbocycles. The van der Waals surface area contributed by atoms with Gasteiger partial charge in [-0.25, -0.2) is 0 Å². The van der Waals surface area contributed by atoms with Crippen LogP contribution >= 0.6 is 0 Å². The van der Waals surface area contributed by atoms with E-state index in [-0.39, 0.29) is 5.92 Å². The number of nitrogens with two attached hydrogens (primary N) is 1. The Kier molecular flexibility index (Phi) is 3.09. The molecule has 2 fully saturated rings. The smallest absolute Gasteiger partial charge is 0.306 e. The summed E-state index contributed by atoms with van der Waals surface area (Å²) in [5.41, 5.74) is 7.71. The highest BCUT2D eigenvalue weighted by atomic mass is 16.4. The molecule has 4 heteroatoms. The van der Waals surface area contributed by atoms with Crippen LogP contribution in [0.2, 0.25) is 0 Å². The lowest BCUT2D eigenvalue weighted by Crippen LogP contribution is -2.34. The zero-order valence-corrected chi connectivity index (χ0v) is 11.0. The summed E-state index contributed by atoms with van der Waals surface area (Å²) in [5, 5.41) is 8.99. The van der Waals surface area contributed by atoms with E-state index in [1.54, 1.807) is 0 Å². The van der Waals surface area contributed by atoms with Crippen molar-refractivity contribution in [3.8, 4) is 0 Å². The minimum Gasteiger partial charge on any atom is -0.481 e. The predicted octanol–water partition coefficient (Wildman–Crippen LogP) is 2.21. The van der Waals surface area contributed by atoms with Crippen LogP contribution in [-0.2, 0) is 4.79 Å². The van der Waals surface area contributed by atoms with Crippen molar-refractivity contribution in [2.24, 2.45) is 17.8 Å². The molecule has 19 heavy (non-hydrogen) atoms. The van der Waals surface area contributed by atoms with Crippen LogP contribution in [0.5, 0.6) is 0 Å². The Bertz CT molecular complexity index is 464. The fourth-order valence-corrected chi connectivity index (χ4v) is 3.29. The van der Waals surface area contributed by atoms with Crippen molar-refractivity contribution in [2.75, 3.05) is 23.7 Å². The number of hydrogen-bond donors (Lipinski definition) is 2. The number of carboxylic acid groups (broad SMARTS) is 1. The second-order valence-electron chi connectivity index (χ2n) is 5.76. The fraction of sp³-hybridized carbons (Fsp3) is 0.533. The summed E-state index contributed by atoms with van der Waals surface area (Å²) in [7, 11) is 0. The van der Waals surface area contributed by atoms with Gasteiger partial charge in [0.15, 0.2) is 0 Å². The van der Waals surface area contributed by atoms with E-state index >= 15 is 0 Å². The molecule has 0 radical (unpaired) electrons. The molecule has 0 spiro atoms. The van der Waals surface area contributed by atoms with Crippen LogP contribution in [0.15, 0.2) is 24.3 Å². The summed E-state index contributed by atoms with van der Waals surface area (Å²) in [6.45, 7) is 2.05. The number of benzene rings is 1. The van der Waals surface area contributed by atoms with Gasteiger partial charge in [-0.2, -0.15) is 0 Å². The molecule has 102 valence electrons. The Labute approximate surface area is 113 Å². The first-order valence-electron chi connectivity index (χ1n) is 6.98. The quantitative estimate of drug-likeness (QED) is 0.818. The molecule has 2 atom stereocenters. The van der Waals surface area contributed by atoms with Gasteiger partial charge in [-0.3, -0.25) is 4.79 Å². The van der Waals surface area contributed by atoms with E-state index in [9.17, 15) is 4.79 Å². The molecule has 4 nitrogen and oxygen atoms in total. The molecule has 1 saturated heterocycles. The molecule has 2 aliphatic rings. The summed E-state index contributed by atoms with van der Waals surface area (Å²) in [4.78, 5) is 13.3. The van der Waals surface area contributed by atoms with Crippen LogP contribution in [0.25, 0.3) is 0 Å². The summed E-state index contributed by atoms with van der Waals surface area (Å²) < 4.78 is 0. The highest BCUT2D eigenvalue weighted by Gasteiger charge is 2.48. The van der Waals surface area contributed by atoms with E-state index in [0.29, 0.717) is 11.8 Å². The Morgan fingerprint density at radius 1 is 1.21 bits per heavy atom. The van der Waals surface area contributed by atoms with Crippen LogP contribution in [0.3, 0.4) is 0 Å². The highest BCUT2D eigenvalue weighted by molar-refractivity contribution is 5.73. The number of nitrogen functional groups attached to an aromatic ring is 1. The molecule has 2 unspecified atom stereocenters. The molecule has 3 N–H and O–H groups in total. The maximum Gasteiger partial charge on any atom is 0.306 e. The summed E-state index contributed by atoms with van der Waals surface area (Å²) in [6, 6.07) is 7.99. The van der Waals surface area contributed by atoms with Crippen molar-refractivity contribution >= 4 is 17.3 Å². The Morgan fingerprint density at radius 3 is 2.37 bits per heavy atom. The minimum atomic E-state index is -0.606. The van der Waals surface area contributed by atoms with E-state index in [0.717, 1.165) is 38.0 Å². The summed E-state index contributed by atoms with van der Waals surface area (Å²) in [6.07, 6.45) is 3.11. The third-order valence-corrected chi connectivity index (χ3v) is 4.56. The van der Waals surface area contributed by atoms with Crippen LogP contribution in [0.4, 0.5) is 11.4 Å². The molecule has 0 amide bonds. The Morgan fingerprint density at radius 2 is 1.84 bits per heavy atom. The number of piperidine rings is 1. The van der Waals surface area contributed by atoms with Gasteiger partial charge in [0.05, 0.1) is 5.92 Å². The second kappa shape index (κ2) is 4.76. The van der Waals surface area contributed by atoms with Crippen molar-refractivity contribution < 1.29 is 9.90 Å². The maximum absolute atomic E-state index is 10.9. The van der Waals surface area contributed by atoms with Gasteiger partial charge in [0.2, 0.25) is 0 Å². The lowest BCUT2D eigenvalue weighted by Gasteiger charge is -2.34. The van der Waals surface area contributed by atoms with Gasteiger partial charge in [0.1, 0.15) is 0 Å². The first-order chi connectivity index (χ1) is 9.15. The zero-order chi connectivity index (χ0) is 13.4. The largest absolute Gasteiger partial charge is 0.481 e. The van der Waals surface area contributed by atoms with Gasteiger partial charge < -0.3 is 15.7 Å². The molecule has 1 saturated carbocycles. The van der Waals surface area contributed by atoms with Gasteiger partial charge in [0, 0.05) is 24.5 Å². The first kappa shape index (κ1) is 12.3. The van der Waals surface area contributed by atoms with E-state index < -0.39 is 5.97 Å². The van der Waals surface area contributed by atoms with Crippen molar-refractivity contribution in [1.29, 1.82) is 0 Å². The average Bonchev–Trinajstić information content (AvgIpc) is 3.20. The summed E-state index contributed by atoms with van der Waals surface area (Å²) >= 11 is 0. The summed E-state index contributed by atoms with van der Waals surface area (Å²) in [5.74, 6) is 0.372. The van der Waals surface area contributed by atoms with Crippen molar-refractivity contribution in [3.05, 3.63) is 24.3 Å². The van der Waals surface area contributed by atoms with Gasteiger partial charge in [-0.05, 0) is 55.4 Å². The number of aliphatic carboxylic acids is 1. The highest BCUT2D eigenvalue weighted by Crippen LogP contribution is 2.48. The molecule has 1 aromatic carbocycles. The van der Waals surface area contributed by atoms with Crippen molar-refractivity contribution in [2.45, 2.75) is 19.3 Å². The number of rotatable bonds is 3. The van der Waals surface area contributed by atoms with Gasteiger partial charge >= 0.3 is 5.97 Å². The third kappa shape index (κ3) is 2.53. The lowest BCUT2D eigenvalue weighted by molar-refractivity contribution is -0.139. The van der Waals surface area contributed by atoms with Crippen molar-refractivity contribution in [1.82, 2.24) is 0 Å². The third-order valence-electron chi connectivity index (χ3n) is 4.56. The van der Waals surface area contributed by atoms with Gasteiger partial charge in [-0.1, -0.05) is 0 Å². The molecule has 1 aliphatic heterocycles. The predicted molar refractivity (Wildman–Crippen MR) is 75.0 cm³/mol. The Hall–Kier alpha value is -1.71. The van der Waals surface area contributed by atoms with Crippen LogP contribution in [0.1, 0.15) is 19.3 Å². The van der Waals surface area contributed by atoms with E-state index in [1.165, 1.54) is 5.69 Å². The van der Waals surface area contributed by atoms with E-state index in [4.69, 9.17) is 10.8 Å². The number of carboxylic acids is 1.